The summed E-state index contributed by atoms with van der Waals surface area (Å²) in [4.78, 5) is 0. The first-order valence-corrected chi connectivity index (χ1v) is 2.48. The van der Waals surface area contributed by atoms with E-state index in [1.807, 2.05) is 6.08 Å². The topological polar surface area (TPSA) is 9.23 Å². The fourth-order valence-corrected chi connectivity index (χ4v) is 0.769. The number of allylic oxidation sites excluding steroid dienone is 2. The minimum Gasteiger partial charge on any atom is -0.493 e. The van der Waals surface area contributed by atoms with Gasteiger partial charge in [-0.15, -0.1) is 0 Å². The Morgan fingerprint density at radius 2 is 2.71 bits per heavy atom. The van der Waals surface area contributed by atoms with E-state index in [1.165, 1.54) is 5.57 Å². The first-order chi connectivity index (χ1) is 3.47. The molecule has 0 radical (unpaired) electrons. The Morgan fingerprint density at radius 3 is 3.29 bits per heavy atom. The van der Waals surface area contributed by atoms with Crippen molar-refractivity contribution in [1.82, 2.24) is 0 Å². The van der Waals surface area contributed by atoms with Crippen LogP contribution in [0, 0.1) is 0 Å². The normalized spacial score (nSPS) is 33.1. The maximum atomic E-state index is 5.10. The maximum Gasteiger partial charge on any atom is 0.123 e. The summed E-state index contributed by atoms with van der Waals surface area (Å²) in [7, 11) is 0. The molecule has 1 unspecified atom stereocenters. The van der Waals surface area contributed by atoms with Gasteiger partial charge in [-0.05, 0) is 11.6 Å². The van der Waals surface area contributed by atoms with Gasteiger partial charge in [0.25, 0.3) is 0 Å². The second-order valence-electron chi connectivity index (χ2n) is 1.90. The summed E-state index contributed by atoms with van der Waals surface area (Å²) in [5.41, 5.74) is 1.45. The van der Waals surface area contributed by atoms with Crippen LogP contribution in [0.1, 0.15) is 6.42 Å². The second kappa shape index (κ2) is 0.915. The molecule has 1 saturated carbocycles. The van der Waals surface area contributed by atoms with Crippen LogP contribution in [-0.2, 0) is 4.74 Å². The third-order valence-electron chi connectivity index (χ3n) is 1.31. The molecule has 1 fully saturated rings. The zero-order valence-electron chi connectivity index (χ0n) is 3.92. The van der Waals surface area contributed by atoms with Crippen LogP contribution < -0.4 is 0 Å². The van der Waals surface area contributed by atoms with E-state index >= 15 is 0 Å². The summed E-state index contributed by atoms with van der Waals surface area (Å²) in [6, 6.07) is 0. The lowest BCUT2D eigenvalue weighted by Gasteiger charge is -1.94. The lowest BCUT2D eigenvalue weighted by Crippen LogP contribution is -1.85. The van der Waals surface area contributed by atoms with Crippen LogP contribution in [-0.4, -0.2) is 6.10 Å². The Labute approximate surface area is 42.3 Å². The Hall–Kier alpha value is -0.720. The average molecular weight is 94.1 g/mol. The lowest BCUT2D eigenvalue weighted by molar-refractivity contribution is 0.242. The summed E-state index contributed by atoms with van der Waals surface area (Å²) >= 11 is 0. The molecule has 7 heavy (non-hydrogen) atoms. The van der Waals surface area contributed by atoms with Crippen molar-refractivity contribution in [2.75, 3.05) is 0 Å². The summed E-state index contributed by atoms with van der Waals surface area (Å²) in [5, 5.41) is 0. The molecular weight excluding hydrogens is 88.1 g/mol. The van der Waals surface area contributed by atoms with E-state index in [4.69, 9.17) is 4.74 Å². The SMILES string of the molecule is C1=COC2CC2=C1. The largest absolute Gasteiger partial charge is 0.493 e. The molecule has 0 N–H and O–H groups in total. The van der Waals surface area contributed by atoms with Crippen molar-refractivity contribution >= 4 is 0 Å². The molecule has 1 heterocycles. The van der Waals surface area contributed by atoms with E-state index in [9.17, 15) is 0 Å². The zero-order valence-corrected chi connectivity index (χ0v) is 3.92. The van der Waals surface area contributed by atoms with Gasteiger partial charge in [0.2, 0.25) is 0 Å². The van der Waals surface area contributed by atoms with Crippen LogP contribution in [0.15, 0.2) is 24.0 Å². The third-order valence-corrected chi connectivity index (χ3v) is 1.31. The highest BCUT2D eigenvalue weighted by Crippen LogP contribution is 2.34. The van der Waals surface area contributed by atoms with Crippen molar-refractivity contribution in [1.29, 1.82) is 0 Å². The number of rotatable bonds is 0. The minimum absolute atomic E-state index is 0.477. The van der Waals surface area contributed by atoms with E-state index in [2.05, 4.69) is 6.08 Å². The number of ether oxygens (including phenoxy) is 1. The fraction of sp³-hybridized carbons (Fsp3) is 0.333. The van der Waals surface area contributed by atoms with Gasteiger partial charge in [-0.25, -0.2) is 0 Å². The Balaban J connectivity index is 2.31. The summed E-state index contributed by atoms with van der Waals surface area (Å²) < 4.78 is 5.10. The van der Waals surface area contributed by atoms with Gasteiger partial charge in [0, 0.05) is 6.42 Å². The first kappa shape index (κ1) is 3.30. The van der Waals surface area contributed by atoms with Crippen molar-refractivity contribution < 1.29 is 4.74 Å². The molecule has 0 spiro atoms. The van der Waals surface area contributed by atoms with Crippen LogP contribution in [0.2, 0.25) is 0 Å². The molecule has 0 amide bonds. The van der Waals surface area contributed by atoms with Crippen LogP contribution >= 0.6 is 0 Å². The van der Waals surface area contributed by atoms with Crippen molar-refractivity contribution in [3.05, 3.63) is 24.0 Å². The number of hydrogen-bond acceptors (Lipinski definition) is 1. The highest BCUT2D eigenvalue weighted by atomic mass is 16.5. The van der Waals surface area contributed by atoms with Gasteiger partial charge in [0.05, 0.1) is 6.26 Å². The molecule has 1 heteroatoms. The molecule has 1 nitrogen and oxygen atoms in total. The molecule has 1 aliphatic heterocycles. The van der Waals surface area contributed by atoms with Crippen LogP contribution in [0.5, 0.6) is 0 Å². The van der Waals surface area contributed by atoms with Gasteiger partial charge in [-0.1, -0.05) is 6.08 Å². The van der Waals surface area contributed by atoms with E-state index in [0.29, 0.717) is 6.10 Å². The standard InChI is InChI=1S/C6H6O/c1-2-5-4-6(5)7-3-1/h1-3,6H,4H2. The third kappa shape index (κ3) is 0.377. The predicted octanol–water partition coefficient (Wildman–Crippen LogP) is 1.23. The van der Waals surface area contributed by atoms with Crippen molar-refractivity contribution in [2.45, 2.75) is 12.5 Å². The molecule has 1 atom stereocenters. The summed E-state index contributed by atoms with van der Waals surface area (Å²) in [6.07, 6.45) is 7.45. The maximum absolute atomic E-state index is 5.10. The van der Waals surface area contributed by atoms with Crippen LogP contribution in [0.3, 0.4) is 0 Å². The molecule has 0 aromatic heterocycles. The molecule has 0 aromatic rings. The molecule has 2 aliphatic rings. The van der Waals surface area contributed by atoms with Gasteiger partial charge in [0.15, 0.2) is 0 Å². The molecule has 1 aliphatic carbocycles. The van der Waals surface area contributed by atoms with E-state index < -0.39 is 0 Å². The Bertz CT molecular complexity index is 144. The average Bonchev–Trinajstić information content (AvgIpc) is 2.41. The molecule has 2 rings (SSSR count). The predicted molar refractivity (Wildman–Crippen MR) is 26.7 cm³/mol. The van der Waals surface area contributed by atoms with Gasteiger partial charge in [-0.3, -0.25) is 0 Å². The molecule has 0 aromatic carbocycles. The monoisotopic (exact) mass is 94.0 g/mol. The van der Waals surface area contributed by atoms with Gasteiger partial charge in [0.1, 0.15) is 6.10 Å². The van der Waals surface area contributed by atoms with Crippen molar-refractivity contribution in [3.8, 4) is 0 Å². The Kier molecular flexibility index (Phi) is 0.432. The van der Waals surface area contributed by atoms with E-state index in [1.54, 1.807) is 6.26 Å². The van der Waals surface area contributed by atoms with Crippen LogP contribution in [0.4, 0.5) is 0 Å². The smallest absolute Gasteiger partial charge is 0.123 e. The number of fused-ring (bicyclic) bond motifs is 1. The van der Waals surface area contributed by atoms with Gasteiger partial charge in [-0.2, -0.15) is 0 Å². The zero-order chi connectivity index (χ0) is 4.69. The molecule has 0 bridgehead atoms. The van der Waals surface area contributed by atoms with E-state index in [0.717, 1.165) is 6.42 Å². The summed E-state index contributed by atoms with van der Waals surface area (Å²) in [5.74, 6) is 0. The molecule has 36 valence electrons. The highest BCUT2D eigenvalue weighted by molar-refractivity contribution is 5.32. The highest BCUT2D eigenvalue weighted by Gasteiger charge is 2.31. The van der Waals surface area contributed by atoms with Crippen LogP contribution in [0.25, 0.3) is 0 Å². The fourth-order valence-electron chi connectivity index (χ4n) is 0.769. The molecular formula is C6H6O. The first-order valence-electron chi connectivity index (χ1n) is 2.48. The van der Waals surface area contributed by atoms with E-state index in [-0.39, 0.29) is 0 Å². The molecule has 0 saturated heterocycles. The second-order valence-corrected chi connectivity index (χ2v) is 1.90. The number of hydrogen-bond donors (Lipinski definition) is 0. The summed E-state index contributed by atoms with van der Waals surface area (Å²) in [6.45, 7) is 0. The lowest BCUT2D eigenvalue weighted by atomic mass is 10.4. The van der Waals surface area contributed by atoms with Gasteiger partial charge < -0.3 is 4.74 Å². The Morgan fingerprint density at radius 1 is 1.71 bits per heavy atom. The minimum atomic E-state index is 0.477. The van der Waals surface area contributed by atoms with Crippen molar-refractivity contribution in [3.63, 3.8) is 0 Å². The van der Waals surface area contributed by atoms with Gasteiger partial charge >= 0.3 is 0 Å². The van der Waals surface area contributed by atoms with Crippen molar-refractivity contribution in [2.24, 2.45) is 0 Å². The quantitative estimate of drug-likeness (QED) is 0.438.